The topological polar surface area (TPSA) is 17.8 Å². The Bertz CT molecular complexity index is 624. The molecule has 0 unspecified atom stereocenters. The molecule has 3 rings (SSSR count). The van der Waals surface area contributed by atoms with Gasteiger partial charge >= 0.3 is 0 Å². The lowest BCUT2D eigenvalue weighted by atomic mass is 10.2. The summed E-state index contributed by atoms with van der Waals surface area (Å²) in [6.45, 7) is 2.14. The Morgan fingerprint density at radius 3 is 2.56 bits per heavy atom. The molecule has 0 bridgehead atoms. The van der Waals surface area contributed by atoms with Crippen LogP contribution in [0.3, 0.4) is 0 Å². The van der Waals surface area contributed by atoms with Crippen molar-refractivity contribution in [2.24, 2.45) is 0 Å². The minimum absolute atomic E-state index is 1.15. The van der Waals surface area contributed by atoms with Crippen LogP contribution in [0.15, 0.2) is 55.0 Å². The number of hydrogen-bond donors (Lipinski definition) is 0. The van der Waals surface area contributed by atoms with E-state index in [2.05, 4.69) is 46.9 Å². The first kappa shape index (κ1) is 9.16. The van der Waals surface area contributed by atoms with Crippen LogP contribution in [0.25, 0.3) is 16.6 Å². The lowest BCUT2D eigenvalue weighted by Crippen LogP contribution is -1.90. The summed E-state index contributed by atoms with van der Waals surface area (Å²) >= 11 is 0. The van der Waals surface area contributed by atoms with Crippen LogP contribution in [0.4, 0.5) is 0 Å². The molecule has 2 heterocycles. The van der Waals surface area contributed by atoms with Gasteiger partial charge in [0.25, 0.3) is 0 Å². The zero-order valence-electron chi connectivity index (χ0n) is 9.09. The summed E-state index contributed by atoms with van der Waals surface area (Å²) in [4.78, 5) is 4.04. The number of aromatic nitrogens is 2. The molecule has 0 atom stereocenters. The predicted octanol–water partition coefficient (Wildman–Crippen LogP) is 3.33. The van der Waals surface area contributed by atoms with E-state index in [4.69, 9.17) is 0 Å². The standard InChI is InChI=1S/C14H12N2/c1-11-10-16(12-6-8-15-9-7-12)14-5-3-2-4-13(11)14/h2-10H,1H3. The van der Waals surface area contributed by atoms with Crippen molar-refractivity contribution >= 4 is 10.9 Å². The quantitative estimate of drug-likeness (QED) is 0.599. The number of rotatable bonds is 1. The van der Waals surface area contributed by atoms with E-state index in [-0.39, 0.29) is 0 Å². The Kier molecular flexibility index (Phi) is 2.00. The largest absolute Gasteiger partial charge is 0.316 e. The molecule has 3 aromatic rings. The smallest absolute Gasteiger partial charge is 0.0531 e. The minimum atomic E-state index is 1.15. The van der Waals surface area contributed by atoms with Crippen LogP contribution in [-0.2, 0) is 0 Å². The van der Waals surface area contributed by atoms with Gasteiger partial charge in [-0.25, -0.2) is 0 Å². The number of hydrogen-bond acceptors (Lipinski definition) is 1. The van der Waals surface area contributed by atoms with Gasteiger partial charge in [-0.3, -0.25) is 4.98 Å². The fourth-order valence-corrected chi connectivity index (χ4v) is 2.07. The summed E-state index contributed by atoms with van der Waals surface area (Å²) in [6, 6.07) is 12.5. The van der Waals surface area contributed by atoms with Gasteiger partial charge in [-0.2, -0.15) is 0 Å². The summed E-state index contributed by atoms with van der Waals surface area (Å²) in [5.74, 6) is 0. The second-order valence-electron chi connectivity index (χ2n) is 3.90. The van der Waals surface area contributed by atoms with E-state index in [1.165, 1.54) is 16.5 Å². The van der Waals surface area contributed by atoms with Crippen molar-refractivity contribution in [1.29, 1.82) is 0 Å². The molecule has 16 heavy (non-hydrogen) atoms. The molecule has 0 radical (unpaired) electrons. The molecule has 0 aliphatic carbocycles. The summed E-state index contributed by atoms with van der Waals surface area (Å²) in [6.07, 6.45) is 5.80. The lowest BCUT2D eigenvalue weighted by molar-refractivity contribution is 1.10. The van der Waals surface area contributed by atoms with E-state index in [0.717, 1.165) is 5.69 Å². The van der Waals surface area contributed by atoms with Crippen LogP contribution in [0.5, 0.6) is 0 Å². The number of aryl methyl sites for hydroxylation is 1. The average molecular weight is 208 g/mol. The van der Waals surface area contributed by atoms with Crippen molar-refractivity contribution in [1.82, 2.24) is 9.55 Å². The molecule has 2 aromatic heterocycles. The van der Waals surface area contributed by atoms with Gasteiger partial charge in [0.2, 0.25) is 0 Å². The predicted molar refractivity (Wildman–Crippen MR) is 65.8 cm³/mol. The highest BCUT2D eigenvalue weighted by Crippen LogP contribution is 2.23. The van der Waals surface area contributed by atoms with E-state index in [1.807, 2.05) is 24.5 Å². The molecule has 2 nitrogen and oxygen atoms in total. The molecule has 0 fully saturated rings. The van der Waals surface area contributed by atoms with Crippen LogP contribution < -0.4 is 0 Å². The highest BCUT2D eigenvalue weighted by Gasteiger charge is 2.05. The van der Waals surface area contributed by atoms with Gasteiger partial charge in [-0.15, -0.1) is 0 Å². The fraction of sp³-hybridized carbons (Fsp3) is 0.0714. The normalized spacial score (nSPS) is 10.8. The molecule has 0 spiro atoms. The van der Waals surface area contributed by atoms with E-state index in [9.17, 15) is 0 Å². The van der Waals surface area contributed by atoms with Crippen LogP contribution >= 0.6 is 0 Å². The molecular weight excluding hydrogens is 196 g/mol. The maximum Gasteiger partial charge on any atom is 0.0531 e. The zero-order valence-corrected chi connectivity index (χ0v) is 9.09. The van der Waals surface area contributed by atoms with Gasteiger partial charge in [0.1, 0.15) is 0 Å². The molecular formula is C14H12N2. The molecule has 1 aromatic carbocycles. The Balaban J connectivity index is 2.33. The zero-order chi connectivity index (χ0) is 11.0. The van der Waals surface area contributed by atoms with Gasteiger partial charge in [-0.1, -0.05) is 18.2 Å². The maximum atomic E-state index is 4.04. The van der Waals surface area contributed by atoms with Gasteiger partial charge in [0, 0.05) is 29.7 Å². The SMILES string of the molecule is Cc1cn(-c2ccncc2)c2ccccc12. The van der Waals surface area contributed by atoms with Crippen LogP contribution in [0, 0.1) is 6.92 Å². The average Bonchev–Trinajstić information content (AvgIpc) is 2.69. The van der Waals surface area contributed by atoms with Crippen LogP contribution in [0.1, 0.15) is 5.56 Å². The molecule has 0 N–H and O–H groups in total. The molecule has 0 saturated carbocycles. The Morgan fingerprint density at radius 1 is 1.00 bits per heavy atom. The fourth-order valence-electron chi connectivity index (χ4n) is 2.07. The third-order valence-corrected chi connectivity index (χ3v) is 2.85. The number of para-hydroxylation sites is 1. The Labute approximate surface area is 94.2 Å². The van der Waals surface area contributed by atoms with Crippen molar-refractivity contribution in [3.05, 3.63) is 60.6 Å². The van der Waals surface area contributed by atoms with E-state index < -0.39 is 0 Å². The minimum Gasteiger partial charge on any atom is -0.316 e. The van der Waals surface area contributed by atoms with E-state index in [1.54, 1.807) is 0 Å². The molecule has 0 aliphatic rings. The van der Waals surface area contributed by atoms with Crippen LogP contribution in [0.2, 0.25) is 0 Å². The van der Waals surface area contributed by atoms with Crippen molar-refractivity contribution in [3.63, 3.8) is 0 Å². The van der Waals surface area contributed by atoms with E-state index in [0.29, 0.717) is 0 Å². The first-order chi connectivity index (χ1) is 7.86. The van der Waals surface area contributed by atoms with Gasteiger partial charge in [0.15, 0.2) is 0 Å². The van der Waals surface area contributed by atoms with Crippen molar-refractivity contribution in [3.8, 4) is 5.69 Å². The van der Waals surface area contributed by atoms with Crippen molar-refractivity contribution in [2.75, 3.05) is 0 Å². The van der Waals surface area contributed by atoms with Gasteiger partial charge in [-0.05, 0) is 30.7 Å². The van der Waals surface area contributed by atoms with Gasteiger partial charge in [0.05, 0.1) is 5.52 Å². The Morgan fingerprint density at radius 2 is 1.75 bits per heavy atom. The lowest BCUT2D eigenvalue weighted by Gasteiger charge is -2.03. The highest BCUT2D eigenvalue weighted by atomic mass is 15.0. The van der Waals surface area contributed by atoms with Crippen molar-refractivity contribution < 1.29 is 0 Å². The van der Waals surface area contributed by atoms with E-state index >= 15 is 0 Å². The number of pyridine rings is 1. The second-order valence-corrected chi connectivity index (χ2v) is 3.90. The molecule has 2 heteroatoms. The summed E-state index contributed by atoms with van der Waals surface area (Å²) < 4.78 is 2.20. The van der Waals surface area contributed by atoms with Gasteiger partial charge < -0.3 is 4.57 Å². The molecule has 0 amide bonds. The number of nitrogens with zero attached hydrogens (tertiary/aromatic N) is 2. The number of benzene rings is 1. The molecule has 78 valence electrons. The first-order valence-corrected chi connectivity index (χ1v) is 5.33. The second kappa shape index (κ2) is 3.49. The molecule has 0 aliphatic heterocycles. The third-order valence-electron chi connectivity index (χ3n) is 2.85. The number of fused-ring (bicyclic) bond motifs is 1. The third kappa shape index (κ3) is 1.31. The first-order valence-electron chi connectivity index (χ1n) is 5.33. The van der Waals surface area contributed by atoms with Crippen LogP contribution in [-0.4, -0.2) is 9.55 Å². The van der Waals surface area contributed by atoms with Crippen molar-refractivity contribution in [2.45, 2.75) is 6.92 Å². The summed E-state index contributed by atoms with van der Waals surface area (Å²) in [7, 11) is 0. The highest BCUT2D eigenvalue weighted by molar-refractivity contribution is 5.85. The monoisotopic (exact) mass is 208 g/mol. The molecule has 0 saturated heterocycles. The Hall–Kier alpha value is -2.09. The summed E-state index contributed by atoms with van der Waals surface area (Å²) in [5, 5.41) is 1.30. The maximum absolute atomic E-state index is 4.04. The summed E-state index contributed by atoms with van der Waals surface area (Å²) in [5.41, 5.74) is 3.69.